The van der Waals surface area contributed by atoms with Gasteiger partial charge in [0.05, 0.1) is 20.2 Å². The van der Waals surface area contributed by atoms with Gasteiger partial charge in [-0.05, 0) is 36.8 Å². The second-order valence-corrected chi connectivity index (χ2v) is 6.18. The molecule has 0 aliphatic heterocycles. The van der Waals surface area contributed by atoms with E-state index < -0.39 is 0 Å². The van der Waals surface area contributed by atoms with Gasteiger partial charge < -0.3 is 15.0 Å². The Kier molecular flexibility index (Phi) is 6.82. The van der Waals surface area contributed by atoms with E-state index in [1.807, 2.05) is 36.4 Å². The minimum absolute atomic E-state index is 0.0458. The fraction of sp³-hybridized carbons (Fsp3) is 0.350. The molecule has 2 N–H and O–H groups in total. The van der Waals surface area contributed by atoms with Gasteiger partial charge in [0.15, 0.2) is 0 Å². The Bertz CT molecular complexity index is 653. The Morgan fingerprint density at radius 1 is 1.17 bits per heavy atom. The van der Waals surface area contributed by atoms with Crippen LogP contribution in [0.1, 0.15) is 27.9 Å². The van der Waals surface area contributed by atoms with Crippen molar-refractivity contribution < 1.29 is 14.4 Å². The molecule has 4 heteroatoms. The summed E-state index contributed by atoms with van der Waals surface area (Å²) in [5.41, 5.74) is 3.15. The molecule has 24 heavy (non-hydrogen) atoms. The fourth-order valence-corrected chi connectivity index (χ4v) is 2.62. The Hall–Kier alpha value is -2.33. The number of hydrogen-bond acceptors (Lipinski definition) is 2. The summed E-state index contributed by atoms with van der Waals surface area (Å²) in [5, 5.41) is 2.63. The third-order valence-corrected chi connectivity index (χ3v) is 3.96. The number of rotatable bonds is 8. The molecule has 0 aliphatic rings. The van der Waals surface area contributed by atoms with Crippen molar-refractivity contribution in [3.63, 3.8) is 0 Å². The molecule has 0 radical (unpaired) electrons. The lowest BCUT2D eigenvalue weighted by molar-refractivity contribution is -0.894. The molecule has 128 valence electrons. The number of amides is 1. The Morgan fingerprint density at radius 2 is 1.92 bits per heavy atom. The summed E-state index contributed by atoms with van der Waals surface area (Å²) in [6, 6.07) is 16.0. The van der Waals surface area contributed by atoms with Crippen LogP contribution in [0.2, 0.25) is 0 Å². The first-order chi connectivity index (χ1) is 11.6. The van der Waals surface area contributed by atoms with Gasteiger partial charge in [-0.25, -0.2) is 0 Å². The topological polar surface area (TPSA) is 42.8 Å². The second-order valence-electron chi connectivity index (χ2n) is 6.18. The van der Waals surface area contributed by atoms with Gasteiger partial charge in [-0.1, -0.05) is 24.3 Å². The van der Waals surface area contributed by atoms with E-state index in [1.165, 1.54) is 16.0 Å². The van der Waals surface area contributed by atoms with Crippen LogP contribution in [0.25, 0.3) is 0 Å². The highest BCUT2D eigenvalue weighted by Crippen LogP contribution is 2.12. The highest BCUT2D eigenvalue weighted by molar-refractivity contribution is 5.93. The van der Waals surface area contributed by atoms with E-state index in [1.54, 1.807) is 7.05 Å². The van der Waals surface area contributed by atoms with E-state index in [4.69, 9.17) is 4.74 Å². The lowest BCUT2D eigenvalue weighted by atomic mass is 10.1. The van der Waals surface area contributed by atoms with E-state index in [9.17, 15) is 4.79 Å². The number of nitrogens with one attached hydrogen (secondary N) is 2. The van der Waals surface area contributed by atoms with Crippen molar-refractivity contribution in [2.75, 3.05) is 27.2 Å². The second kappa shape index (κ2) is 9.08. The molecule has 0 aromatic heterocycles. The number of ether oxygens (including phenoxy) is 1. The maximum Gasteiger partial charge on any atom is 0.251 e. The van der Waals surface area contributed by atoms with Gasteiger partial charge in [0.25, 0.3) is 5.91 Å². The van der Waals surface area contributed by atoms with E-state index in [0.717, 1.165) is 31.9 Å². The largest absolute Gasteiger partial charge is 0.493 e. The summed E-state index contributed by atoms with van der Waals surface area (Å²) < 4.78 is 5.78. The molecule has 0 saturated heterocycles. The van der Waals surface area contributed by atoms with Crippen LogP contribution in [0.15, 0.2) is 48.5 Å². The lowest BCUT2D eigenvalue weighted by Crippen LogP contribution is -3.07. The summed E-state index contributed by atoms with van der Waals surface area (Å²) in [6.07, 6.45) is 1.01. The predicted molar refractivity (Wildman–Crippen MR) is 96.6 cm³/mol. The van der Waals surface area contributed by atoms with Crippen LogP contribution in [0.3, 0.4) is 0 Å². The smallest absolute Gasteiger partial charge is 0.251 e. The molecule has 4 nitrogen and oxygen atoms in total. The minimum atomic E-state index is -0.0458. The zero-order valence-electron chi connectivity index (χ0n) is 14.8. The Morgan fingerprint density at radius 3 is 2.58 bits per heavy atom. The van der Waals surface area contributed by atoms with Crippen molar-refractivity contribution in [2.24, 2.45) is 0 Å². The molecule has 2 rings (SSSR count). The quantitative estimate of drug-likeness (QED) is 0.727. The number of quaternary nitrogens is 1. The van der Waals surface area contributed by atoms with E-state index in [2.05, 4.69) is 31.4 Å². The number of hydrogen-bond donors (Lipinski definition) is 2. The minimum Gasteiger partial charge on any atom is -0.493 e. The van der Waals surface area contributed by atoms with E-state index in [-0.39, 0.29) is 5.91 Å². The van der Waals surface area contributed by atoms with Crippen molar-refractivity contribution in [2.45, 2.75) is 19.9 Å². The lowest BCUT2D eigenvalue weighted by Gasteiger charge is -2.14. The third kappa shape index (κ3) is 5.70. The summed E-state index contributed by atoms with van der Waals surface area (Å²) in [4.78, 5) is 13.0. The van der Waals surface area contributed by atoms with Crippen molar-refractivity contribution in [1.82, 2.24) is 5.32 Å². The molecule has 0 fully saturated rings. The van der Waals surface area contributed by atoms with E-state index in [0.29, 0.717) is 5.56 Å². The van der Waals surface area contributed by atoms with Crippen LogP contribution in [-0.2, 0) is 6.54 Å². The summed E-state index contributed by atoms with van der Waals surface area (Å²) in [7, 11) is 3.83. The molecule has 0 saturated carbocycles. The van der Waals surface area contributed by atoms with Crippen LogP contribution in [0.5, 0.6) is 5.75 Å². The molecule has 1 amide bonds. The normalized spacial score (nSPS) is 11.8. The van der Waals surface area contributed by atoms with Gasteiger partial charge in [0.1, 0.15) is 12.3 Å². The summed E-state index contributed by atoms with van der Waals surface area (Å²) in [5.74, 6) is 0.896. The van der Waals surface area contributed by atoms with Crippen molar-refractivity contribution in [3.8, 4) is 5.75 Å². The van der Waals surface area contributed by atoms with Crippen LogP contribution in [-0.4, -0.2) is 33.2 Å². The van der Waals surface area contributed by atoms with E-state index >= 15 is 0 Å². The first-order valence-corrected chi connectivity index (χ1v) is 8.40. The molecular weight excluding hydrogens is 300 g/mol. The van der Waals surface area contributed by atoms with Gasteiger partial charge in [-0.3, -0.25) is 4.79 Å². The Balaban J connectivity index is 1.71. The SMILES string of the molecule is CNC(=O)c1ccc(C[NH+](C)CCCOc2cccc(C)c2)cc1. The molecular formula is C20H27N2O2+. The van der Waals surface area contributed by atoms with Crippen LogP contribution in [0.4, 0.5) is 0 Å². The maximum atomic E-state index is 11.5. The molecule has 2 aromatic rings. The molecule has 1 atom stereocenters. The van der Waals surface area contributed by atoms with Crippen LogP contribution in [0, 0.1) is 6.92 Å². The van der Waals surface area contributed by atoms with Crippen LogP contribution < -0.4 is 15.0 Å². The average molecular weight is 327 g/mol. The van der Waals surface area contributed by atoms with Gasteiger partial charge in [0.2, 0.25) is 0 Å². The molecule has 0 bridgehead atoms. The average Bonchev–Trinajstić information content (AvgIpc) is 2.59. The molecule has 0 aliphatic carbocycles. The number of carbonyl (C=O) groups is 1. The maximum absolute atomic E-state index is 11.5. The van der Waals surface area contributed by atoms with Gasteiger partial charge >= 0.3 is 0 Å². The summed E-state index contributed by atoms with van der Waals surface area (Å²) >= 11 is 0. The number of carbonyl (C=O) groups excluding carboxylic acids is 1. The highest BCUT2D eigenvalue weighted by Gasteiger charge is 2.06. The first-order valence-electron chi connectivity index (χ1n) is 8.40. The fourth-order valence-electron chi connectivity index (χ4n) is 2.62. The number of benzene rings is 2. The van der Waals surface area contributed by atoms with Crippen molar-refractivity contribution >= 4 is 5.91 Å². The van der Waals surface area contributed by atoms with Gasteiger partial charge in [-0.15, -0.1) is 0 Å². The van der Waals surface area contributed by atoms with Gasteiger partial charge in [0, 0.05) is 24.6 Å². The monoisotopic (exact) mass is 327 g/mol. The molecule has 1 unspecified atom stereocenters. The third-order valence-electron chi connectivity index (χ3n) is 3.96. The zero-order chi connectivity index (χ0) is 17.4. The summed E-state index contributed by atoms with van der Waals surface area (Å²) in [6.45, 7) is 4.79. The first kappa shape index (κ1) is 18.0. The molecule has 0 heterocycles. The Labute approximate surface area is 144 Å². The molecule has 2 aromatic carbocycles. The standard InChI is InChI=1S/C20H26N2O2/c1-16-6-4-7-19(14-16)24-13-5-12-22(3)15-17-8-10-18(11-9-17)20(23)21-2/h4,6-11,14H,5,12-13,15H2,1-3H3,(H,21,23)/p+1. The van der Waals surface area contributed by atoms with Crippen molar-refractivity contribution in [3.05, 3.63) is 65.2 Å². The van der Waals surface area contributed by atoms with Gasteiger partial charge in [-0.2, -0.15) is 0 Å². The van der Waals surface area contributed by atoms with Crippen LogP contribution >= 0.6 is 0 Å². The van der Waals surface area contributed by atoms with Crippen molar-refractivity contribution in [1.29, 1.82) is 0 Å². The highest BCUT2D eigenvalue weighted by atomic mass is 16.5. The zero-order valence-corrected chi connectivity index (χ0v) is 14.8. The predicted octanol–water partition coefficient (Wildman–Crippen LogP) is 1.84. The number of aryl methyl sites for hydroxylation is 1. The molecule has 0 spiro atoms.